The Morgan fingerprint density at radius 3 is 2.39 bits per heavy atom. The predicted octanol–water partition coefficient (Wildman–Crippen LogP) is 6.35. The molecule has 3 aromatic carbocycles. The zero-order chi connectivity index (χ0) is 21.4. The maximum Gasteiger partial charge on any atom is 0.169 e. The number of hydrogen-bond acceptors (Lipinski definition) is 2. The number of rotatable bonds is 4. The van der Waals surface area contributed by atoms with Gasteiger partial charge in [0, 0.05) is 18.9 Å². The van der Waals surface area contributed by atoms with Crippen LogP contribution in [0.2, 0.25) is 0 Å². The van der Waals surface area contributed by atoms with Crippen LogP contribution in [0.3, 0.4) is 0 Å². The van der Waals surface area contributed by atoms with E-state index in [1.54, 1.807) is 0 Å². The number of pyridine rings is 1. The van der Waals surface area contributed by atoms with E-state index in [1.165, 1.54) is 28.8 Å². The van der Waals surface area contributed by atoms with E-state index in [9.17, 15) is 8.78 Å². The summed E-state index contributed by atoms with van der Waals surface area (Å²) in [7, 11) is 0. The van der Waals surface area contributed by atoms with Gasteiger partial charge in [-0.3, -0.25) is 0 Å². The highest BCUT2D eigenvalue weighted by atomic mass is 19.2. The monoisotopic (exact) mass is 411 g/mol. The molecule has 0 saturated heterocycles. The first-order valence-corrected chi connectivity index (χ1v) is 10.0. The molecule has 31 heavy (non-hydrogen) atoms. The van der Waals surface area contributed by atoms with Crippen LogP contribution >= 0.6 is 0 Å². The quantitative estimate of drug-likeness (QED) is 0.345. The summed E-state index contributed by atoms with van der Waals surface area (Å²) in [5.41, 5.74) is 6.11. The molecule has 5 heteroatoms. The van der Waals surface area contributed by atoms with Crippen LogP contribution in [0.1, 0.15) is 11.1 Å². The minimum absolute atomic E-state index is 0.0643. The van der Waals surface area contributed by atoms with Crippen molar-refractivity contribution in [3.63, 3.8) is 0 Å². The van der Waals surface area contributed by atoms with Crippen molar-refractivity contribution in [2.24, 2.45) is 0 Å². The summed E-state index contributed by atoms with van der Waals surface area (Å²) in [6, 6.07) is 22.8. The lowest BCUT2D eigenvalue weighted by Crippen LogP contribution is -2.00. The van der Waals surface area contributed by atoms with Gasteiger partial charge in [0.05, 0.1) is 11.3 Å². The molecule has 0 aliphatic carbocycles. The van der Waals surface area contributed by atoms with Crippen LogP contribution in [0.25, 0.3) is 33.9 Å². The van der Waals surface area contributed by atoms with Gasteiger partial charge in [-0.15, -0.1) is 0 Å². The molecule has 0 bridgehead atoms. The SMILES string of the molecule is Cc1cccc(-c2ccc(Cn3ccc4nc(-c5cccc(F)c5F)nc-4c3)cc2)c1. The highest BCUT2D eigenvalue weighted by molar-refractivity contribution is 5.66. The molecule has 0 saturated carbocycles. The second-order valence-electron chi connectivity index (χ2n) is 7.60. The molecule has 0 fully saturated rings. The lowest BCUT2D eigenvalue weighted by Gasteiger charge is -2.09. The molecule has 3 nitrogen and oxygen atoms in total. The number of aromatic nitrogens is 3. The van der Waals surface area contributed by atoms with Crippen molar-refractivity contribution in [1.82, 2.24) is 14.5 Å². The Morgan fingerprint density at radius 1 is 0.806 bits per heavy atom. The minimum Gasteiger partial charge on any atom is -0.348 e. The molecule has 152 valence electrons. The first-order chi connectivity index (χ1) is 15.1. The van der Waals surface area contributed by atoms with E-state index < -0.39 is 11.6 Å². The average molecular weight is 411 g/mol. The maximum atomic E-state index is 14.1. The van der Waals surface area contributed by atoms with Crippen molar-refractivity contribution in [2.75, 3.05) is 0 Å². The second-order valence-corrected chi connectivity index (χ2v) is 7.60. The molecule has 0 unspecified atom stereocenters. The largest absolute Gasteiger partial charge is 0.348 e. The summed E-state index contributed by atoms with van der Waals surface area (Å²) in [5, 5.41) is 0. The molecule has 0 aromatic heterocycles. The van der Waals surface area contributed by atoms with Gasteiger partial charge in [-0.1, -0.05) is 60.2 Å². The van der Waals surface area contributed by atoms with E-state index in [4.69, 9.17) is 0 Å². The van der Waals surface area contributed by atoms with Crippen molar-refractivity contribution in [1.29, 1.82) is 0 Å². The number of aryl methyl sites for hydroxylation is 1. The van der Waals surface area contributed by atoms with Gasteiger partial charge in [0.15, 0.2) is 17.5 Å². The number of hydrogen-bond donors (Lipinski definition) is 0. The standard InChI is InChI=1S/C26H19F2N3/c1-17-4-2-5-20(14-17)19-10-8-18(9-11-19)15-31-13-12-23-24(16-31)30-26(29-23)21-6-3-7-22(27)25(21)28/h2-14,16H,15H2,1H3. The third kappa shape index (κ3) is 3.82. The van der Waals surface area contributed by atoms with Crippen LogP contribution in [-0.2, 0) is 6.54 Å². The van der Waals surface area contributed by atoms with Crippen LogP contribution in [-0.4, -0.2) is 14.5 Å². The van der Waals surface area contributed by atoms with Gasteiger partial charge in [-0.05, 0) is 41.8 Å². The summed E-state index contributed by atoms with van der Waals surface area (Å²) >= 11 is 0. The van der Waals surface area contributed by atoms with Crippen LogP contribution in [0.5, 0.6) is 0 Å². The van der Waals surface area contributed by atoms with Gasteiger partial charge in [-0.25, -0.2) is 18.7 Å². The minimum atomic E-state index is -0.931. The molecule has 0 N–H and O–H groups in total. The van der Waals surface area contributed by atoms with E-state index in [-0.39, 0.29) is 11.4 Å². The number of halogens is 2. The lowest BCUT2D eigenvalue weighted by atomic mass is 10.0. The number of nitrogens with zero attached hydrogens (tertiary/aromatic N) is 3. The Labute approximate surface area is 179 Å². The fraction of sp³-hybridized carbons (Fsp3) is 0.0769. The van der Waals surface area contributed by atoms with Gasteiger partial charge in [0.1, 0.15) is 5.69 Å². The van der Waals surface area contributed by atoms with E-state index in [0.29, 0.717) is 17.9 Å². The summed E-state index contributed by atoms with van der Waals surface area (Å²) in [6.45, 7) is 2.76. The molecule has 0 atom stereocenters. The van der Waals surface area contributed by atoms with Crippen molar-refractivity contribution in [2.45, 2.75) is 13.5 Å². The van der Waals surface area contributed by atoms with Crippen LogP contribution < -0.4 is 0 Å². The molecule has 0 spiro atoms. The zero-order valence-corrected chi connectivity index (χ0v) is 16.9. The van der Waals surface area contributed by atoms with E-state index in [0.717, 1.165) is 11.6 Å². The Kier molecular flexibility index (Phi) is 4.79. The maximum absolute atomic E-state index is 14.1. The summed E-state index contributed by atoms with van der Waals surface area (Å²) < 4.78 is 29.7. The van der Waals surface area contributed by atoms with Crippen molar-refractivity contribution < 1.29 is 8.78 Å². The third-order valence-corrected chi connectivity index (χ3v) is 5.29. The summed E-state index contributed by atoms with van der Waals surface area (Å²) in [5.74, 6) is -1.65. The van der Waals surface area contributed by atoms with Crippen molar-refractivity contribution >= 4 is 0 Å². The molecule has 2 aliphatic rings. The fourth-order valence-corrected chi connectivity index (χ4v) is 3.69. The highest BCUT2D eigenvalue weighted by Gasteiger charge is 2.17. The van der Waals surface area contributed by atoms with E-state index >= 15 is 0 Å². The smallest absolute Gasteiger partial charge is 0.169 e. The lowest BCUT2D eigenvalue weighted by molar-refractivity contribution is 0.510. The molecule has 2 heterocycles. The first-order valence-electron chi connectivity index (χ1n) is 10.0. The fourth-order valence-electron chi connectivity index (χ4n) is 3.69. The van der Waals surface area contributed by atoms with Crippen molar-refractivity contribution in [3.8, 4) is 33.9 Å². The molecule has 0 radical (unpaired) electrons. The number of fused-ring (bicyclic) bond motifs is 1. The molecule has 5 rings (SSSR count). The zero-order valence-electron chi connectivity index (χ0n) is 16.9. The van der Waals surface area contributed by atoms with Gasteiger partial charge in [0.2, 0.25) is 0 Å². The van der Waals surface area contributed by atoms with Crippen LogP contribution in [0.15, 0.2) is 85.2 Å². The summed E-state index contributed by atoms with van der Waals surface area (Å²) in [6.07, 6.45) is 3.79. The second kappa shape index (κ2) is 7.76. The molecular weight excluding hydrogens is 392 g/mol. The van der Waals surface area contributed by atoms with Gasteiger partial charge >= 0.3 is 0 Å². The highest BCUT2D eigenvalue weighted by Crippen LogP contribution is 2.28. The Morgan fingerprint density at radius 2 is 1.58 bits per heavy atom. The Bertz CT molecular complexity index is 1340. The number of benzene rings is 3. The van der Waals surface area contributed by atoms with Crippen LogP contribution in [0, 0.1) is 18.6 Å². The average Bonchev–Trinajstić information content (AvgIpc) is 3.19. The topological polar surface area (TPSA) is 30.7 Å². The van der Waals surface area contributed by atoms with E-state index in [2.05, 4.69) is 65.4 Å². The van der Waals surface area contributed by atoms with Gasteiger partial charge < -0.3 is 4.57 Å². The number of imidazole rings is 1. The van der Waals surface area contributed by atoms with Gasteiger partial charge in [-0.2, -0.15) is 0 Å². The Balaban J connectivity index is 1.40. The predicted molar refractivity (Wildman–Crippen MR) is 118 cm³/mol. The normalized spacial score (nSPS) is 11.2. The molecule has 3 aromatic rings. The van der Waals surface area contributed by atoms with Crippen LogP contribution in [0.4, 0.5) is 8.78 Å². The summed E-state index contributed by atoms with van der Waals surface area (Å²) in [4.78, 5) is 8.76. The molecular formula is C26H19F2N3. The molecule has 0 amide bonds. The third-order valence-electron chi connectivity index (χ3n) is 5.29. The molecule has 2 aliphatic heterocycles. The first kappa shape index (κ1) is 19.1. The van der Waals surface area contributed by atoms with Crippen molar-refractivity contribution in [3.05, 3.63) is 108 Å². The van der Waals surface area contributed by atoms with E-state index in [1.807, 2.05) is 23.0 Å². The Hall–Kier alpha value is -3.86. The van der Waals surface area contributed by atoms with Gasteiger partial charge in [0.25, 0.3) is 0 Å².